The van der Waals surface area contributed by atoms with Gasteiger partial charge in [-0.1, -0.05) is 42.5 Å². The molecule has 0 aliphatic carbocycles. The topological polar surface area (TPSA) is 96.0 Å². The first-order valence-corrected chi connectivity index (χ1v) is 12.5. The van der Waals surface area contributed by atoms with E-state index in [-0.39, 0.29) is 22.8 Å². The van der Waals surface area contributed by atoms with Crippen LogP contribution in [0.3, 0.4) is 0 Å². The van der Waals surface area contributed by atoms with Crippen LogP contribution in [0.1, 0.15) is 53.4 Å². The van der Waals surface area contributed by atoms with E-state index in [2.05, 4.69) is 37.4 Å². The maximum atomic E-state index is 13.1. The molecule has 9 heteroatoms. The van der Waals surface area contributed by atoms with E-state index in [0.717, 1.165) is 35.0 Å². The summed E-state index contributed by atoms with van der Waals surface area (Å²) in [5.41, 5.74) is 10.7. The molecule has 0 saturated carbocycles. The molecule has 0 bridgehead atoms. The zero-order chi connectivity index (χ0) is 23.5. The molecule has 1 saturated heterocycles. The van der Waals surface area contributed by atoms with Crippen molar-refractivity contribution in [3.63, 3.8) is 0 Å². The van der Waals surface area contributed by atoms with Gasteiger partial charge in [0.2, 0.25) is 0 Å². The molecule has 0 radical (unpaired) electrons. The van der Waals surface area contributed by atoms with Crippen LogP contribution in [0.4, 0.5) is 0 Å². The molecule has 0 aromatic heterocycles. The lowest BCUT2D eigenvalue weighted by molar-refractivity contribution is -0.141. The molecule has 4 N–H and O–H groups in total. The van der Waals surface area contributed by atoms with Gasteiger partial charge < -0.3 is 25.4 Å². The first kappa shape index (κ1) is 24.6. The smallest absolute Gasteiger partial charge is 0.423 e. The van der Waals surface area contributed by atoms with Gasteiger partial charge in [0.15, 0.2) is 0 Å². The third-order valence-electron chi connectivity index (χ3n) is 6.89. The van der Waals surface area contributed by atoms with E-state index in [1.807, 2.05) is 30.3 Å². The predicted octanol–water partition coefficient (Wildman–Crippen LogP) is 1.79. The average Bonchev–Trinajstić information content (AvgIpc) is 3.23. The Hall–Kier alpha value is -1.49. The number of amides is 1. The second-order valence-electron chi connectivity index (χ2n) is 8.90. The van der Waals surface area contributed by atoms with Crippen molar-refractivity contribution in [1.82, 2.24) is 4.90 Å². The molecule has 0 spiro atoms. The molecule has 1 fully saturated rings. The third-order valence-corrected chi connectivity index (χ3v) is 7.61. The number of nitrogens with zero attached hydrogens (tertiary/aromatic N) is 1. The van der Waals surface area contributed by atoms with E-state index < -0.39 is 13.2 Å². The number of piperidine rings is 1. The summed E-state index contributed by atoms with van der Waals surface area (Å²) in [6.45, 7) is 2.04. The molecule has 2 aromatic carbocycles. The number of aliphatic hydroxyl groups excluding tert-OH is 1. The highest BCUT2D eigenvalue weighted by Gasteiger charge is 2.35. The summed E-state index contributed by atoms with van der Waals surface area (Å²) in [4.78, 5) is 14.8. The number of benzene rings is 2. The van der Waals surface area contributed by atoms with E-state index in [4.69, 9.17) is 10.4 Å². The molecule has 2 aliphatic heterocycles. The summed E-state index contributed by atoms with van der Waals surface area (Å²) in [6.07, 6.45) is 0.789. The van der Waals surface area contributed by atoms with Crippen molar-refractivity contribution in [2.75, 3.05) is 13.1 Å². The Morgan fingerprint density at radius 1 is 1.21 bits per heavy atom. The van der Waals surface area contributed by atoms with E-state index in [1.165, 1.54) is 5.56 Å². The highest BCUT2D eigenvalue weighted by Crippen LogP contribution is 2.35. The minimum atomic E-state index is -1.14. The number of aliphatic hydroxyl groups is 1. The lowest BCUT2D eigenvalue weighted by Crippen LogP contribution is -2.44. The van der Waals surface area contributed by atoms with Gasteiger partial charge in [0.25, 0.3) is 5.91 Å². The number of nitrogens with two attached hydrogens (primary N) is 1. The average molecular weight is 486 g/mol. The summed E-state index contributed by atoms with van der Waals surface area (Å²) in [6, 6.07) is 14.0. The number of likely N-dealkylation sites (tertiary alicyclic amines) is 1. The van der Waals surface area contributed by atoms with Crippen molar-refractivity contribution < 1.29 is 19.6 Å². The second kappa shape index (κ2) is 10.8. The molecule has 6 nitrogen and oxygen atoms in total. The zero-order valence-electron chi connectivity index (χ0n) is 18.5. The molecule has 4 rings (SSSR count). The number of fused-ring (bicyclic) bond motifs is 1. The van der Waals surface area contributed by atoms with Crippen molar-refractivity contribution in [2.24, 2.45) is 5.73 Å². The number of rotatable bonds is 7. The van der Waals surface area contributed by atoms with Crippen molar-refractivity contribution in [3.8, 4) is 0 Å². The van der Waals surface area contributed by atoms with Crippen molar-refractivity contribution in [2.45, 2.75) is 54.9 Å². The molecule has 2 atom stereocenters. The van der Waals surface area contributed by atoms with Crippen LogP contribution >= 0.6 is 25.3 Å². The molecular formula is C24H31BN2O4S2. The fourth-order valence-electron chi connectivity index (χ4n) is 4.99. The highest BCUT2D eigenvalue weighted by molar-refractivity contribution is 7.99. The van der Waals surface area contributed by atoms with E-state index in [9.17, 15) is 14.9 Å². The van der Waals surface area contributed by atoms with Crippen LogP contribution < -0.4 is 11.2 Å². The zero-order valence-corrected chi connectivity index (χ0v) is 20.3. The van der Waals surface area contributed by atoms with Crippen molar-refractivity contribution in [1.29, 1.82) is 0 Å². The fourth-order valence-corrected chi connectivity index (χ4v) is 5.55. The van der Waals surface area contributed by atoms with Crippen LogP contribution in [0.2, 0.25) is 0 Å². The second-order valence-corrected chi connectivity index (χ2v) is 10.4. The third kappa shape index (κ3) is 5.44. The highest BCUT2D eigenvalue weighted by atomic mass is 32.2. The van der Waals surface area contributed by atoms with Gasteiger partial charge in [-0.3, -0.25) is 4.79 Å². The lowest BCUT2D eigenvalue weighted by Gasteiger charge is -2.34. The van der Waals surface area contributed by atoms with E-state index in [0.29, 0.717) is 32.2 Å². The Balaban J connectivity index is 1.40. The van der Waals surface area contributed by atoms with Crippen molar-refractivity contribution in [3.05, 3.63) is 64.7 Å². The van der Waals surface area contributed by atoms with Gasteiger partial charge in [0.05, 0.1) is 11.2 Å². The quantitative estimate of drug-likeness (QED) is 0.234. The minimum Gasteiger partial charge on any atom is -0.423 e. The number of carbonyl (C=O) groups excluding carboxylic acids is 1. The van der Waals surface area contributed by atoms with Crippen LogP contribution in [0.25, 0.3) is 0 Å². The van der Waals surface area contributed by atoms with Crippen LogP contribution in [-0.4, -0.2) is 51.8 Å². The molecule has 176 valence electrons. The predicted molar refractivity (Wildman–Crippen MR) is 137 cm³/mol. The monoisotopic (exact) mass is 486 g/mol. The van der Waals surface area contributed by atoms with Gasteiger partial charge in [0, 0.05) is 25.6 Å². The first-order chi connectivity index (χ1) is 15.9. The summed E-state index contributed by atoms with van der Waals surface area (Å²) in [5.74, 6) is -0.126. The Morgan fingerprint density at radius 3 is 2.64 bits per heavy atom. The fraction of sp³-hybridized carbons (Fsp3) is 0.458. The summed E-state index contributed by atoms with van der Waals surface area (Å²) >= 11 is 9.04. The Kier molecular flexibility index (Phi) is 8.09. The first-order valence-electron chi connectivity index (χ1n) is 11.4. The summed E-state index contributed by atoms with van der Waals surface area (Å²) < 4.78 is 4.99. The molecule has 2 heterocycles. The minimum absolute atomic E-state index is 0.210. The normalized spacial score (nSPS) is 18.5. The van der Waals surface area contributed by atoms with Crippen LogP contribution in [-0.2, 0) is 22.6 Å². The number of hydrogen-bond donors (Lipinski definition) is 5. The summed E-state index contributed by atoms with van der Waals surface area (Å²) in [5, 5.41) is 20.9. The Labute approximate surface area is 206 Å². The molecule has 33 heavy (non-hydrogen) atoms. The van der Waals surface area contributed by atoms with Gasteiger partial charge in [-0.2, -0.15) is 25.3 Å². The molecule has 2 aliphatic rings. The van der Waals surface area contributed by atoms with Crippen molar-refractivity contribution >= 4 is 43.7 Å². The van der Waals surface area contributed by atoms with Crippen LogP contribution in [0.5, 0.6) is 0 Å². The largest absolute Gasteiger partial charge is 0.491 e. The summed E-state index contributed by atoms with van der Waals surface area (Å²) in [7, 11) is -0.947. The van der Waals surface area contributed by atoms with Crippen LogP contribution in [0.15, 0.2) is 42.5 Å². The number of thiol groups is 2. The molecule has 2 aromatic rings. The number of carbonyl (C=O) groups is 1. The lowest BCUT2D eigenvalue weighted by atomic mass is 9.76. The SMILES string of the molecule is NCc1cccc(C2CCN(C(=O)C(O)CC(c3cccc4c3COB4O)C(S)S)CC2)c1. The maximum Gasteiger partial charge on any atom is 0.491 e. The standard InChI is InChI=1S/C24H31BN2O4S2/c26-13-15-3-1-4-17(11-15)16-7-9-27(10-8-16)23(29)22(28)12-19(24(32)33)18-5-2-6-21-20(18)14-31-25(21)30/h1-6,11,16,19,22,24,28,30,32-33H,7-10,12-14,26H2. The van der Waals surface area contributed by atoms with Gasteiger partial charge in [-0.15, -0.1) is 0 Å². The molecular weight excluding hydrogens is 455 g/mol. The van der Waals surface area contributed by atoms with E-state index >= 15 is 0 Å². The maximum absolute atomic E-state index is 13.1. The van der Waals surface area contributed by atoms with Crippen LogP contribution in [0, 0.1) is 0 Å². The van der Waals surface area contributed by atoms with Gasteiger partial charge in [0.1, 0.15) is 6.10 Å². The van der Waals surface area contributed by atoms with E-state index in [1.54, 1.807) is 4.90 Å². The molecule has 1 amide bonds. The molecule has 2 unspecified atom stereocenters. The Bertz CT molecular complexity index is 985. The Morgan fingerprint density at radius 2 is 1.94 bits per heavy atom. The number of hydrogen-bond acceptors (Lipinski definition) is 7. The van der Waals surface area contributed by atoms with Gasteiger partial charge in [-0.25, -0.2) is 0 Å². The van der Waals surface area contributed by atoms with Gasteiger partial charge in [-0.05, 0) is 52.9 Å². The van der Waals surface area contributed by atoms with Gasteiger partial charge >= 0.3 is 7.12 Å².